The average Bonchev–Trinajstić information content (AvgIpc) is 3.09. The van der Waals surface area contributed by atoms with Crippen LogP contribution in [0.4, 0.5) is 5.69 Å². The first-order valence-electron chi connectivity index (χ1n) is 8.84. The molecule has 1 aliphatic carbocycles. The number of ether oxygens (including phenoxy) is 1. The molecule has 0 aromatic heterocycles. The molecule has 4 nitrogen and oxygen atoms in total. The highest BCUT2D eigenvalue weighted by atomic mass is 16.5. The van der Waals surface area contributed by atoms with E-state index in [4.69, 9.17) is 4.74 Å². The van der Waals surface area contributed by atoms with Crippen LogP contribution in [0.25, 0.3) is 0 Å². The average molecular weight is 337 g/mol. The Kier molecular flexibility index (Phi) is 5.49. The Balaban J connectivity index is 1.56. The Morgan fingerprint density at radius 3 is 2.68 bits per heavy atom. The molecule has 0 heterocycles. The highest BCUT2D eigenvalue weighted by Gasteiger charge is 2.15. The minimum absolute atomic E-state index is 0.0166. The van der Waals surface area contributed by atoms with Gasteiger partial charge in [-0.05, 0) is 55.5 Å². The first kappa shape index (κ1) is 17.2. The maximum absolute atomic E-state index is 12.4. The number of Topliss-reactive ketones (excluding diaryl/α,β-unsaturated/α-hetero) is 1. The van der Waals surface area contributed by atoms with E-state index in [1.165, 1.54) is 11.1 Å². The highest BCUT2D eigenvalue weighted by Crippen LogP contribution is 2.25. The molecule has 4 heteroatoms. The van der Waals surface area contributed by atoms with Gasteiger partial charge in [0.25, 0.3) is 0 Å². The molecule has 1 aliphatic rings. The highest BCUT2D eigenvalue weighted by molar-refractivity contribution is 6.00. The third kappa shape index (κ3) is 4.27. The van der Waals surface area contributed by atoms with Gasteiger partial charge in [-0.2, -0.15) is 0 Å². The van der Waals surface area contributed by atoms with Crippen molar-refractivity contribution in [1.82, 2.24) is 0 Å². The molecule has 2 aromatic rings. The van der Waals surface area contributed by atoms with Crippen molar-refractivity contribution in [2.75, 3.05) is 11.9 Å². The fraction of sp³-hybridized carbons (Fsp3) is 0.333. The lowest BCUT2D eigenvalue weighted by Gasteiger charge is -2.11. The summed E-state index contributed by atoms with van der Waals surface area (Å²) in [4.78, 5) is 24.5. The third-order valence-electron chi connectivity index (χ3n) is 4.46. The van der Waals surface area contributed by atoms with Crippen LogP contribution in [0.1, 0.15) is 47.7 Å². The quantitative estimate of drug-likeness (QED) is 0.771. The number of nitrogens with one attached hydrogen (secondary N) is 1. The van der Waals surface area contributed by atoms with Crippen LogP contribution in [-0.2, 0) is 17.6 Å². The lowest BCUT2D eigenvalue weighted by atomic mass is 10.0. The fourth-order valence-electron chi connectivity index (χ4n) is 3.18. The Morgan fingerprint density at radius 1 is 1.04 bits per heavy atom. The Labute approximate surface area is 148 Å². The predicted molar refractivity (Wildman–Crippen MR) is 98.3 cm³/mol. The molecular formula is C21H23NO3. The molecule has 0 bridgehead atoms. The molecule has 0 spiro atoms. The SMILES string of the molecule is CCOc1ccccc1NC(=O)CCC(=O)c1ccc2c(c1)CCC2. The number of hydrogen-bond donors (Lipinski definition) is 1. The Hall–Kier alpha value is -2.62. The van der Waals surface area contributed by atoms with E-state index in [1.807, 2.05) is 43.3 Å². The number of benzene rings is 2. The lowest BCUT2D eigenvalue weighted by molar-refractivity contribution is -0.116. The van der Waals surface area contributed by atoms with Gasteiger partial charge in [-0.15, -0.1) is 0 Å². The zero-order valence-corrected chi connectivity index (χ0v) is 14.5. The topological polar surface area (TPSA) is 55.4 Å². The van der Waals surface area contributed by atoms with Gasteiger partial charge in [0.2, 0.25) is 5.91 Å². The smallest absolute Gasteiger partial charge is 0.224 e. The van der Waals surface area contributed by atoms with Crippen LogP contribution in [-0.4, -0.2) is 18.3 Å². The van der Waals surface area contributed by atoms with Crippen molar-refractivity contribution in [3.8, 4) is 5.75 Å². The first-order valence-corrected chi connectivity index (χ1v) is 8.84. The second-order valence-electron chi connectivity index (χ2n) is 6.24. The van der Waals surface area contributed by atoms with Crippen LogP contribution in [0.3, 0.4) is 0 Å². The summed E-state index contributed by atoms with van der Waals surface area (Å²) in [6, 6.07) is 13.2. The summed E-state index contributed by atoms with van der Waals surface area (Å²) in [5, 5.41) is 2.83. The Morgan fingerprint density at radius 2 is 1.84 bits per heavy atom. The minimum Gasteiger partial charge on any atom is -0.492 e. The molecule has 0 atom stereocenters. The fourth-order valence-corrected chi connectivity index (χ4v) is 3.18. The second-order valence-corrected chi connectivity index (χ2v) is 6.24. The van der Waals surface area contributed by atoms with Gasteiger partial charge in [-0.3, -0.25) is 9.59 Å². The van der Waals surface area contributed by atoms with E-state index in [0.29, 0.717) is 23.6 Å². The summed E-state index contributed by atoms with van der Waals surface area (Å²) in [7, 11) is 0. The molecule has 1 N–H and O–H groups in total. The number of carbonyl (C=O) groups excluding carboxylic acids is 2. The lowest BCUT2D eigenvalue weighted by Crippen LogP contribution is -2.14. The number of amides is 1. The van der Waals surface area contributed by atoms with Gasteiger partial charge >= 0.3 is 0 Å². The summed E-state index contributed by atoms with van der Waals surface area (Å²) in [5.41, 5.74) is 3.98. The Bertz CT molecular complexity index is 782. The molecule has 0 unspecified atom stereocenters. The van der Waals surface area contributed by atoms with E-state index < -0.39 is 0 Å². The maximum atomic E-state index is 12.4. The van der Waals surface area contributed by atoms with Crippen molar-refractivity contribution in [1.29, 1.82) is 0 Å². The predicted octanol–water partition coefficient (Wildman–Crippen LogP) is 4.18. The van der Waals surface area contributed by atoms with Gasteiger partial charge in [-0.25, -0.2) is 0 Å². The van der Waals surface area contributed by atoms with Crippen molar-refractivity contribution < 1.29 is 14.3 Å². The number of fused-ring (bicyclic) bond motifs is 1. The normalized spacial score (nSPS) is 12.5. The number of rotatable bonds is 7. The largest absolute Gasteiger partial charge is 0.492 e. The summed E-state index contributed by atoms with van der Waals surface area (Å²) in [6.07, 6.45) is 3.68. The summed E-state index contributed by atoms with van der Waals surface area (Å²) < 4.78 is 5.49. The first-order chi connectivity index (χ1) is 12.2. The van der Waals surface area contributed by atoms with Crippen LogP contribution >= 0.6 is 0 Å². The molecule has 25 heavy (non-hydrogen) atoms. The van der Waals surface area contributed by atoms with Crippen molar-refractivity contribution in [3.05, 3.63) is 59.2 Å². The van der Waals surface area contributed by atoms with Crippen molar-refractivity contribution in [2.45, 2.75) is 39.0 Å². The molecular weight excluding hydrogens is 314 g/mol. The molecule has 0 saturated heterocycles. The summed E-state index contributed by atoms with van der Waals surface area (Å²) in [6.45, 7) is 2.43. The molecule has 130 valence electrons. The number of ketones is 1. The van der Waals surface area contributed by atoms with E-state index in [-0.39, 0.29) is 24.5 Å². The van der Waals surface area contributed by atoms with Crippen LogP contribution in [0.15, 0.2) is 42.5 Å². The van der Waals surface area contributed by atoms with Gasteiger partial charge in [-0.1, -0.05) is 24.3 Å². The van der Waals surface area contributed by atoms with Crippen LogP contribution in [0, 0.1) is 0 Å². The molecule has 2 aromatic carbocycles. The molecule has 0 aliphatic heterocycles. The van der Waals surface area contributed by atoms with E-state index in [9.17, 15) is 9.59 Å². The van der Waals surface area contributed by atoms with Crippen molar-refractivity contribution in [2.24, 2.45) is 0 Å². The van der Waals surface area contributed by atoms with Crippen LogP contribution in [0.2, 0.25) is 0 Å². The minimum atomic E-state index is -0.179. The number of para-hydroxylation sites is 2. The third-order valence-corrected chi connectivity index (χ3v) is 4.46. The van der Waals surface area contributed by atoms with Crippen molar-refractivity contribution in [3.63, 3.8) is 0 Å². The molecule has 1 amide bonds. The van der Waals surface area contributed by atoms with Gasteiger partial charge in [0, 0.05) is 18.4 Å². The number of aryl methyl sites for hydroxylation is 2. The van der Waals surface area contributed by atoms with Crippen LogP contribution in [0.5, 0.6) is 5.75 Å². The molecule has 0 radical (unpaired) electrons. The number of carbonyl (C=O) groups is 2. The molecule has 0 saturated carbocycles. The summed E-state index contributed by atoms with van der Waals surface area (Å²) >= 11 is 0. The number of anilines is 1. The number of hydrogen-bond acceptors (Lipinski definition) is 3. The summed E-state index contributed by atoms with van der Waals surface area (Å²) in [5.74, 6) is 0.480. The maximum Gasteiger partial charge on any atom is 0.224 e. The van der Waals surface area contributed by atoms with Crippen molar-refractivity contribution >= 4 is 17.4 Å². The second kappa shape index (κ2) is 7.97. The molecule has 0 fully saturated rings. The monoisotopic (exact) mass is 337 g/mol. The van der Waals surface area contributed by atoms with Gasteiger partial charge < -0.3 is 10.1 Å². The van der Waals surface area contributed by atoms with Gasteiger partial charge in [0.15, 0.2) is 5.78 Å². The van der Waals surface area contributed by atoms with Crippen LogP contribution < -0.4 is 10.1 Å². The van der Waals surface area contributed by atoms with E-state index in [0.717, 1.165) is 19.3 Å². The zero-order valence-electron chi connectivity index (χ0n) is 14.5. The standard InChI is InChI=1S/C21H23NO3/c1-2-25-20-9-4-3-8-18(20)22-21(24)13-12-19(23)17-11-10-15-6-5-7-16(15)14-17/h3-4,8-11,14H,2,5-7,12-13H2,1H3,(H,22,24). The van der Waals surface area contributed by atoms with Gasteiger partial charge in [0.1, 0.15) is 5.75 Å². The van der Waals surface area contributed by atoms with E-state index in [2.05, 4.69) is 5.32 Å². The van der Waals surface area contributed by atoms with E-state index >= 15 is 0 Å². The van der Waals surface area contributed by atoms with E-state index in [1.54, 1.807) is 6.07 Å². The zero-order chi connectivity index (χ0) is 17.6. The molecule has 3 rings (SSSR count). The van der Waals surface area contributed by atoms with Gasteiger partial charge in [0.05, 0.1) is 12.3 Å².